The van der Waals surface area contributed by atoms with Crippen molar-refractivity contribution in [2.24, 2.45) is 0 Å². The Morgan fingerprint density at radius 1 is 1.33 bits per heavy atom. The van der Waals surface area contributed by atoms with Crippen molar-refractivity contribution in [1.29, 1.82) is 0 Å². The predicted molar refractivity (Wildman–Crippen MR) is 65.6 cm³/mol. The average Bonchev–Trinajstić information content (AvgIpc) is 2.25. The van der Waals surface area contributed by atoms with E-state index in [-0.39, 0.29) is 6.61 Å². The molecule has 0 aliphatic heterocycles. The summed E-state index contributed by atoms with van der Waals surface area (Å²) in [7, 11) is 0. The van der Waals surface area contributed by atoms with Gasteiger partial charge in [-0.05, 0) is 31.0 Å². The maximum Gasteiger partial charge on any atom is 0.0696 e. The van der Waals surface area contributed by atoms with Crippen LogP contribution in [0.1, 0.15) is 25.8 Å². The number of hydrogen-bond acceptors (Lipinski definition) is 2. The molecule has 1 aromatic rings. The fourth-order valence-electron chi connectivity index (χ4n) is 1.60. The van der Waals surface area contributed by atoms with Gasteiger partial charge in [-0.1, -0.05) is 24.6 Å². The number of aliphatic hydroxyl groups excluding tert-OH is 1. The molecule has 0 fully saturated rings. The van der Waals surface area contributed by atoms with Crippen molar-refractivity contribution in [3.8, 4) is 0 Å². The van der Waals surface area contributed by atoms with Gasteiger partial charge in [0.1, 0.15) is 0 Å². The molecular formula is C12H18ClNO. The highest BCUT2D eigenvalue weighted by atomic mass is 35.5. The number of rotatable bonds is 5. The lowest BCUT2D eigenvalue weighted by molar-refractivity contribution is 0.282. The molecule has 1 aromatic carbocycles. The maximum atomic E-state index is 9.01. The fourth-order valence-corrected chi connectivity index (χ4v) is 1.84. The number of nitrogens with zero attached hydrogens (tertiary/aromatic N) is 1. The van der Waals surface area contributed by atoms with Crippen LogP contribution in [0.25, 0.3) is 0 Å². The zero-order chi connectivity index (χ0) is 11.3. The minimum Gasteiger partial charge on any atom is -0.392 e. The molecule has 0 aliphatic carbocycles. The lowest BCUT2D eigenvalue weighted by atomic mass is 10.2. The predicted octanol–water partition coefficient (Wildman–Crippen LogP) is 3.07. The molecule has 0 unspecified atom stereocenters. The first-order chi connectivity index (χ1) is 7.22. The molecule has 2 nitrogen and oxygen atoms in total. The van der Waals surface area contributed by atoms with Crippen LogP contribution in [-0.2, 0) is 6.61 Å². The van der Waals surface area contributed by atoms with E-state index in [1.54, 1.807) is 0 Å². The summed E-state index contributed by atoms with van der Waals surface area (Å²) < 4.78 is 0. The normalized spacial score (nSPS) is 10.4. The molecule has 0 aromatic heterocycles. The summed E-state index contributed by atoms with van der Waals surface area (Å²) >= 11 is 6.04. The van der Waals surface area contributed by atoms with Crippen LogP contribution in [-0.4, -0.2) is 18.2 Å². The average molecular weight is 228 g/mol. The standard InChI is InChI=1S/C12H18ClNO/c1-3-7-14(4-2)11-6-5-10(9-15)12(13)8-11/h5-6,8,15H,3-4,7,9H2,1-2H3. The van der Waals surface area contributed by atoms with E-state index in [4.69, 9.17) is 16.7 Å². The lowest BCUT2D eigenvalue weighted by Crippen LogP contribution is -2.23. The van der Waals surface area contributed by atoms with Crippen molar-refractivity contribution < 1.29 is 5.11 Å². The third kappa shape index (κ3) is 3.11. The Balaban J connectivity index is 2.89. The molecule has 1 N–H and O–H groups in total. The second-order valence-electron chi connectivity index (χ2n) is 3.51. The van der Waals surface area contributed by atoms with E-state index in [0.717, 1.165) is 30.8 Å². The van der Waals surface area contributed by atoms with Crippen molar-refractivity contribution in [3.05, 3.63) is 28.8 Å². The van der Waals surface area contributed by atoms with Gasteiger partial charge < -0.3 is 10.0 Å². The lowest BCUT2D eigenvalue weighted by Gasteiger charge is -2.23. The summed E-state index contributed by atoms with van der Waals surface area (Å²) in [5.74, 6) is 0. The molecular weight excluding hydrogens is 210 g/mol. The SMILES string of the molecule is CCCN(CC)c1ccc(CO)c(Cl)c1. The summed E-state index contributed by atoms with van der Waals surface area (Å²) in [5, 5.41) is 9.65. The van der Waals surface area contributed by atoms with E-state index in [9.17, 15) is 0 Å². The highest BCUT2D eigenvalue weighted by molar-refractivity contribution is 6.31. The second kappa shape index (κ2) is 5.99. The Bertz CT molecular complexity index is 314. The molecule has 0 radical (unpaired) electrons. The van der Waals surface area contributed by atoms with Crippen molar-refractivity contribution in [2.45, 2.75) is 26.9 Å². The fraction of sp³-hybridized carbons (Fsp3) is 0.500. The molecule has 0 aliphatic rings. The highest BCUT2D eigenvalue weighted by Gasteiger charge is 2.05. The van der Waals surface area contributed by atoms with Crippen molar-refractivity contribution in [1.82, 2.24) is 0 Å². The molecule has 1 rings (SSSR count). The smallest absolute Gasteiger partial charge is 0.0696 e. The Labute approximate surface area is 96.5 Å². The number of aliphatic hydroxyl groups is 1. The first-order valence-corrected chi connectivity index (χ1v) is 5.75. The van der Waals surface area contributed by atoms with Crippen LogP contribution >= 0.6 is 11.6 Å². The van der Waals surface area contributed by atoms with Crippen LogP contribution in [0, 0.1) is 0 Å². The quantitative estimate of drug-likeness (QED) is 0.836. The van der Waals surface area contributed by atoms with Crippen molar-refractivity contribution in [2.75, 3.05) is 18.0 Å². The van der Waals surface area contributed by atoms with Crippen LogP contribution in [0.2, 0.25) is 5.02 Å². The number of benzene rings is 1. The van der Waals surface area contributed by atoms with E-state index >= 15 is 0 Å². The van der Waals surface area contributed by atoms with Gasteiger partial charge in [-0.3, -0.25) is 0 Å². The molecule has 84 valence electrons. The molecule has 15 heavy (non-hydrogen) atoms. The summed E-state index contributed by atoms with van der Waals surface area (Å²) in [6, 6.07) is 5.82. The van der Waals surface area contributed by atoms with E-state index in [2.05, 4.69) is 18.7 Å². The highest BCUT2D eigenvalue weighted by Crippen LogP contribution is 2.23. The minimum absolute atomic E-state index is 0.000976. The molecule has 0 saturated heterocycles. The van der Waals surface area contributed by atoms with Crippen LogP contribution in [0.4, 0.5) is 5.69 Å². The zero-order valence-electron chi connectivity index (χ0n) is 9.33. The van der Waals surface area contributed by atoms with Gasteiger partial charge in [0.25, 0.3) is 0 Å². The molecule has 3 heteroatoms. The maximum absolute atomic E-state index is 9.01. The molecule has 0 bridgehead atoms. The summed E-state index contributed by atoms with van der Waals surface area (Å²) in [5.41, 5.74) is 1.91. The Hall–Kier alpha value is -0.730. The molecule has 0 spiro atoms. The summed E-state index contributed by atoms with van der Waals surface area (Å²) in [6.45, 7) is 6.29. The second-order valence-corrected chi connectivity index (χ2v) is 3.92. The van der Waals surface area contributed by atoms with Crippen LogP contribution < -0.4 is 4.90 Å². The van der Waals surface area contributed by atoms with E-state index in [1.807, 2.05) is 18.2 Å². The zero-order valence-corrected chi connectivity index (χ0v) is 10.1. The van der Waals surface area contributed by atoms with Crippen LogP contribution in [0.3, 0.4) is 0 Å². The van der Waals surface area contributed by atoms with Gasteiger partial charge in [0.05, 0.1) is 6.61 Å². The Morgan fingerprint density at radius 2 is 2.07 bits per heavy atom. The van der Waals surface area contributed by atoms with Crippen LogP contribution in [0.5, 0.6) is 0 Å². The van der Waals surface area contributed by atoms with Crippen molar-refractivity contribution >= 4 is 17.3 Å². The van der Waals surface area contributed by atoms with Crippen LogP contribution in [0.15, 0.2) is 18.2 Å². The number of anilines is 1. The minimum atomic E-state index is -0.000976. The monoisotopic (exact) mass is 227 g/mol. The summed E-state index contributed by atoms with van der Waals surface area (Å²) in [6.07, 6.45) is 1.12. The van der Waals surface area contributed by atoms with E-state index in [1.165, 1.54) is 0 Å². The largest absolute Gasteiger partial charge is 0.392 e. The Morgan fingerprint density at radius 3 is 2.53 bits per heavy atom. The number of hydrogen-bond donors (Lipinski definition) is 1. The van der Waals surface area contributed by atoms with Gasteiger partial charge in [-0.15, -0.1) is 0 Å². The van der Waals surface area contributed by atoms with Crippen molar-refractivity contribution in [3.63, 3.8) is 0 Å². The summed E-state index contributed by atoms with van der Waals surface area (Å²) in [4.78, 5) is 2.27. The number of halogens is 1. The Kier molecular flexibility index (Phi) is 4.92. The van der Waals surface area contributed by atoms with Gasteiger partial charge in [0.2, 0.25) is 0 Å². The van der Waals surface area contributed by atoms with Gasteiger partial charge in [-0.2, -0.15) is 0 Å². The molecule has 0 saturated carbocycles. The first kappa shape index (κ1) is 12.3. The van der Waals surface area contributed by atoms with E-state index in [0.29, 0.717) is 5.02 Å². The van der Waals surface area contributed by atoms with Gasteiger partial charge in [0.15, 0.2) is 0 Å². The van der Waals surface area contributed by atoms with E-state index < -0.39 is 0 Å². The molecule has 0 atom stereocenters. The first-order valence-electron chi connectivity index (χ1n) is 5.37. The molecule has 0 heterocycles. The van der Waals surface area contributed by atoms with Gasteiger partial charge >= 0.3 is 0 Å². The molecule has 0 amide bonds. The topological polar surface area (TPSA) is 23.5 Å². The third-order valence-electron chi connectivity index (χ3n) is 2.45. The van der Waals surface area contributed by atoms with Gasteiger partial charge in [-0.25, -0.2) is 0 Å². The third-order valence-corrected chi connectivity index (χ3v) is 2.80. The van der Waals surface area contributed by atoms with Gasteiger partial charge in [0, 0.05) is 23.8 Å².